The largest absolute Gasteiger partial charge is 0.368 e. The molecule has 4 rings (SSSR count). The Morgan fingerprint density at radius 2 is 2.27 bits per heavy atom. The van der Waals surface area contributed by atoms with Crippen LogP contribution < -0.4 is 4.90 Å². The van der Waals surface area contributed by atoms with Gasteiger partial charge in [-0.1, -0.05) is 12.0 Å². The van der Waals surface area contributed by atoms with Gasteiger partial charge in [0.15, 0.2) is 0 Å². The average Bonchev–Trinajstić information content (AvgIpc) is 3.06. The quantitative estimate of drug-likeness (QED) is 0.757. The minimum absolute atomic E-state index is 0.0533. The molecule has 2 fully saturated rings. The van der Waals surface area contributed by atoms with Crippen LogP contribution in [0.3, 0.4) is 0 Å². The van der Waals surface area contributed by atoms with Gasteiger partial charge in [0, 0.05) is 24.8 Å². The molecule has 1 saturated heterocycles. The molecule has 1 aliphatic heterocycles. The number of hydrogen-bond acceptors (Lipinski definition) is 3. The fourth-order valence-electron chi connectivity index (χ4n) is 3.25. The molecule has 110 valence electrons. The Balaban J connectivity index is 1.54. The van der Waals surface area contributed by atoms with Crippen molar-refractivity contribution in [1.29, 1.82) is 0 Å². The summed E-state index contributed by atoms with van der Waals surface area (Å²) in [5.74, 6) is 6.92. The molecule has 0 spiro atoms. The zero-order valence-corrected chi connectivity index (χ0v) is 12.4. The molecule has 2 aromatic heterocycles. The SMILES string of the molecule is Cc1cccc(C#CC23CC2CN(c2cncc(F)c2)C3)n1. The van der Waals surface area contributed by atoms with Crippen LogP contribution in [0, 0.1) is 35.9 Å². The van der Waals surface area contributed by atoms with Gasteiger partial charge in [-0.2, -0.15) is 0 Å². The van der Waals surface area contributed by atoms with E-state index in [0.717, 1.165) is 36.6 Å². The third-order valence-corrected chi connectivity index (χ3v) is 4.53. The maximum atomic E-state index is 13.3. The molecule has 1 saturated carbocycles. The second-order valence-electron chi connectivity index (χ2n) is 6.21. The van der Waals surface area contributed by atoms with Crippen LogP contribution in [-0.4, -0.2) is 23.1 Å². The van der Waals surface area contributed by atoms with E-state index in [1.807, 2.05) is 25.1 Å². The second-order valence-corrected chi connectivity index (χ2v) is 6.21. The number of aromatic nitrogens is 2. The highest BCUT2D eigenvalue weighted by molar-refractivity contribution is 5.50. The van der Waals surface area contributed by atoms with Crippen molar-refractivity contribution in [3.8, 4) is 11.8 Å². The summed E-state index contributed by atoms with van der Waals surface area (Å²) in [5, 5.41) is 0. The van der Waals surface area contributed by atoms with Gasteiger partial charge in [-0.15, -0.1) is 0 Å². The lowest BCUT2D eigenvalue weighted by Gasteiger charge is -2.20. The topological polar surface area (TPSA) is 29.0 Å². The number of nitrogens with zero attached hydrogens (tertiary/aromatic N) is 3. The average molecular weight is 293 g/mol. The summed E-state index contributed by atoms with van der Waals surface area (Å²) in [6.07, 6.45) is 4.08. The molecular formula is C18H16FN3. The maximum Gasteiger partial charge on any atom is 0.143 e. The Morgan fingerprint density at radius 1 is 1.36 bits per heavy atom. The van der Waals surface area contributed by atoms with Crippen LogP contribution in [0.25, 0.3) is 0 Å². The first-order valence-corrected chi connectivity index (χ1v) is 7.47. The number of pyridine rings is 2. The summed E-state index contributed by atoms with van der Waals surface area (Å²) in [6.45, 7) is 3.75. The van der Waals surface area contributed by atoms with E-state index < -0.39 is 0 Å². The second kappa shape index (κ2) is 4.81. The fourth-order valence-corrected chi connectivity index (χ4v) is 3.25. The summed E-state index contributed by atoms with van der Waals surface area (Å²) in [7, 11) is 0. The molecule has 3 nitrogen and oxygen atoms in total. The molecule has 2 aromatic rings. The Bertz CT molecular complexity index is 792. The molecule has 22 heavy (non-hydrogen) atoms. The molecule has 3 heterocycles. The number of rotatable bonds is 1. The summed E-state index contributed by atoms with van der Waals surface area (Å²) < 4.78 is 13.3. The van der Waals surface area contributed by atoms with Crippen molar-refractivity contribution >= 4 is 5.69 Å². The summed E-state index contributed by atoms with van der Waals surface area (Å²) in [5.41, 5.74) is 2.71. The third-order valence-electron chi connectivity index (χ3n) is 4.53. The molecule has 0 radical (unpaired) electrons. The van der Waals surface area contributed by atoms with Gasteiger partial charge in [0.05, 0.1) is 23.5 Å². The molecule has 0 aromatic carbocycles. The van der Waals surface area contributed by atoms with Crippen molar-refractivity contribution < 1.29 is 4.39 Å². The molecule has 0 bridgehead atoms. The number of piperidine rings is 1. The van der Waals surface area contributed by atoms with E-state index in [9.17, 15) is 4.39 Å². The van der Waals surface area contributed by atoms with Crippen LogP contribution in [0.5, 0.6) is 0 Å². The van der Waals surface area contributed by atoms with E-state index in [-0.39, 0.29) is 11.2 Å². The predicted molar refractivity (Wildman–Crippen MR) is 82.8 cm³/mol. The normalized spacial score (nSPS) is 25.4. The lowest BCUT2D eigenvalue weighted by molar-refractivity contribution is 0.619. The van der Waals surface area contributed by atoms with E-state index in [1.54, 1.807) is 12.3 Å². The monoisotopic (exact) mass is 293 g/mol. The lowest BCUT2D eigenvalue weighted by atomic mass is 10.1. The molecule has 4 heteroatoms. The van der Waals surface area contributed by atoms with Gasteiger partial charge in [0.2, 0.25) is 0 Å². The van der Waals surface area contributed by atoms with Crippen LogP contribution in [0.4, 0.5) is 10.1 Å². The Labute approximate surface area is 129 Å². The maximum absolute atomic E-state index is 13.3. The highest BCUT2D eigenvalue weighted by atomic mass is 19.1. The first kappa shape index (κ1) is 13.3. The minimum atomic E-state index is -0.290. The van der Waals surface area contributed by atoms with E-state index in [1.165, 1.54) is 6.20 Å². The van der Waals surface area contributed by atoms with Crippen molar-refractivity contribution in [2.75, 3.05) is 18.0 Å². The van der Waals surface area contributed by atoms with Crippen molar-refractivity contribution in [2.45, 2.75) is 13.3 Å². The van der Waals surface area contributed by atoms with Crippen LogP contribution in [-0.2, 0) is 0 Å². The Morgan fingerprint density at radius 3 is 3.09 bits per heavy atom. The van der Waals surface area contributed by atoms with Crippen molar-refractivity contribution in [2.24, 2.45) is 11.3 Å². The zero-order chi connectivity index (χ0) is 15.2. The van der Waals surface area contributed by atoms with Crippen molar-refractivity contribution in [3.05, 3.63) is 53.9 Å². The van der Waals surface area contributed by atoms with Crippen molar-refractivity contribution in [3.63, 3.8) is 0 Å². The number of anilines is 1. The highest BCUT2D eigenvalue weighted by Crippen LogP contribution is 2.57. The molecular weight excluding hydrogens is 277 g/mol. The minimum Gasteiger partial charge on any atom is -0.368 e. The summed E-state index contributed by atoms with van der Waals surface area (Å²) in [4.78, 5) is 10.5. The third kappa shape index (κ3) is 2.33. The van der Waals surface area contributed by atoms with Crippen LogP contribution in [0.15, 0.2) is 36.7 Å². The number of hydrogen-bond donors (Lipinski definition) is 0. The number of aryl methyl sites for hydroxylation is 1. The molecule has 2 atom stereocenters. The van der Waals surface area contributed by atoms with Crippen LogP contribution in [0.1, 0.15) is 17.8 Å². The van der Waals surface area contributed by atoms with Crippen LogP contribution in [0.2, 0.25) is 0 Å². The highest BCUT2D eigenvalue weighted by Gasteiger charge is 2.59. The van der Waals surface area contributed by atoms with E-state index >= 15 is 0 Å². The smallest absolute Gasteiger partial charge is 0.143 e. The van der Waals surface area contributed by atoms with E-state index in [2.05, 4.69) is 26.7 Å². The van der Waals surface area contributed by atoms with E-state index in [0.29, 0.717) is 5.92 Å². The molecule has 0 amide bonds. The molecule has 0 N–H and O–H groups in total. The standard InChI is InChI=1S/C18H16FN3/c1-13-3-2-4-16(21-13)5-6-18-8-14(18)11-22(12-18)17-7-15(19)9-20-10-17/h2-4,7,9-10,14H,8,11-12H2,1H3. The predicted octanol–water partition coefficient (Wildman–Crippen LogP) is 2.80. The first-order chi connectivity index (χ1) is 10.6. The van der Waals surface area contributed by atoms with Gasteiger partial charge in [0.25, 0.3) is 0 Å². The fraction of sp³-hybridized carbons (Fsp3) is 0.333. The van der Waals surface area contributed by atoms with E-state index in [4.69, 9.17) is 0 Å². The van der Waals surface area contributed by atoms with Crippen LogP contribution >= 0.6 is 0 Å². The van der Waals surface area contributed by atoms with Gasteiger partial charge in [-0.05, 0) is 37.3 Å². The zero-order valence-electron chi connectivity index (χ0n) is 12.4. The van der Waals surface area contributed by atoms with Gasteiger partial charge < -0.3 is 4.90 Å². The summed E-state index contributed by atoms with van der Waals surface area (Å²) >= 11 is 0. The summed E-state index contributed by atoms with van der Waals surface area (Å²) in [6, 6.07) is 7.43. The lowest BCUT2D eigenvalue weighted by Crippen LogP contribution is -2.24. The number of halogens is 1. The molecule has 2 aliphatic rings. The van der Waals surface area contributed by atoms with Crippen molar-refractivity contribution in [1.82, 2.24) is 9.97 Å². The van der Waals surface area contributed by atoms with Gasteiger partial charge in [-0.25, -0.2) is 9.37 Å². The van der Waals surface area contributed by atoms with Gasteiger partial charge in [0.1, 0.15) is 11.5 Å². The number of fused-ring (bicyclic) bond motifs is 1. The molecule has 1 aliphatic carbocycles. The molecule has 2 unspecified atom stereocenters. The Hall–Kier alpha value is -2.41. The first-order valence-electron chi connectivity index (χ1n) is 7.47. The van der Waals surface area contributed by atoms with Gasteiger partial charge in [-0.3, -0.25) is 4.98 Å². The van der Waals surface area contributed by atoms with Gasteiger partial charge >= 0.3 is 0 Å². The Kier molecular flexibility index (Phi) is 2.90.